The molecule has 5 aliphatic rings. The van der Waals surface area contributed by atoms with Crippen molar-refractivity contribution in [2.75, 3.05) is 77.5 Å². The highest BCUT2D eigenvalue weighted by Gasteiger charge is 2.53. The zero-order chi connectivity index (χ0) is 39.0. The molecule has 1 saturated carbocycles. The number of halogens is 2. The smallest absolute Gasteiger partial charge is 0.407 e. The number of piperidine rings is 2. The molecule has 0 radical (unpaired) electrons. The van der Waals surface area contributed by atoms with Gasteiger partial charge in [-0.1, -0.05) is 32.1 Å². The van der Waals surface area contributed by atoms with E-state index >= 15 is 8.78 Å². The molecule has 5 fully saturated rings. The van der Waals surface area contributed by atoms with Crippen LogP contribution in [0.5, 0.6) is 0 Å². The Balaban J connectivity index is 1.02. The Morgan fingerprint density at radius 3 is 2.38 bits per heavy atom. The zero-order valence-corrected chi connectivity index (χ0v) is 33.2. The van der Waals surface area contributed by atoms with Gasteiger partial charge in [0.2, 0.25) is 5.91 Å². The highest BCUT2D eigenvalue weighted by Crippen LogP contribution is 2.52. The second kappa shape index (κ2) is 16.1. The van der Waals surface area contributed by atoms with Crippen LogP contribution >= 0.6 is 0 Å². The molecule has 300 valence electrons. The Morgan fingerprint density at radius 2 is 1.73 bits per heavy atom. The Hall–Kier alpha value is -3.55. The molecular formula is C42H57F2N5O5S. The van der Waals surface area contributed by atoms with E-state index < -0.39 is 27.0 Å². The van der Waals surface area contributed by atoms with E-state index in [-0.39, 0.29) is 46.0 Å². The highest BCUT2D eigenvalue weighted by atomic mass is 32.2. The second-order valence-corrected chi connectivity index (χ2v) is 19.3. The van der Waals surface area contributed by atoms with Crippen LogP contribution in [0.25, 0.3) is 0 Å². The predicted octanol–water partition coefficient (Wildman–Crippen LogP) is 5.62. The van der Waals surface area contributed by atoms with Crippen LogP contribution in [0, 0.1) is 28.9 Å². The number of nitrogens with zero attached hydrogens (tertiary/aromatic N) is 4. The molecule has 1 N–H and O–H groups in total. The lowest BCUT2D eigenvalue weighted by Gasteiger charge is -2.55. The fraction of sp³-hybridized carbons (Fsp3) is 0.619. The molecule has 0 aromatic heterocycles. The molecule has 2 aromatic carbocycles. The van der Waals surface area contributed by atoms with Crippen molar-refractivity contribution in [3.8, 4) is 0 Å². The first-order valence-electron chi connectivity index (χ1n) is 20.1. The first kappa shape index (κ1) is 39.7. The highest BCUT2D eigenvalue weighted by molar-refractivity contribution is 7.92. The lowest BCUT2D eigenvalue weighted by Crippen LogP contribution is -2.62. The summed E-state index contributed by atoms with van der Waals surface area (Å²) in [4.78, 5) is 33.1. The van der Waals surface area contributed by atoms with E-state index in [1.54, 1.807) is 12.1 Å². The van der Waals surface area contributed by atoms with E-state index in [2.05, 4.69) is 34.7 Å². The lowest BCUT2D eigenvalue weighted by atomic mass is 9.57. The molecule has 1 unspecified atom stereocenters. The van der Waals surface area contributed by atoms with Crippen LogP contribution in [0.3, 0.4) is 0 Å². The third-order valence-electron chi connectivity index (χ3n) is 13.4. The van der Waals surface area contributed by atoms with Gasteiger partial charge in [0, 0.05) is 56.1 Å². The third kappa shape index (κ3) is 8.03. The van der Waals surface area contributed by atoms with Gasteiger partial charge in [-0.15, -0.1) is 0 Å². The summed E-state index contributed by atoms with van der Waals surface area (Å²) in [5, 5.41) is 2.38. The van der Waals surface area contributed by atoms with Crippen molar-refractivity contribution in [2.24, 2.45) is 17.3 Å². The number of hydrogen-bond donors (Lipinski definition) is 1. The molecule has 10 nitrogen and oxygen atoms in total. The number of sulfone groups is 1. The van der Waals surface area contributed by atoms with E-state index in [1.165, 1.54) is 30.2 Å². The van der Waals surface area contributed by atoms with E-state index in [9.17, 15) is 18.0 Å². The van der Waals surface area contributed by atoms with Gasteiger partial charge in [0.1, 0.15) is 11.6 Å². The summed E-state index contributed by atoms with van der Waals surface area (Å²) in [5.74, 6) is -0.631. The lowest BCUT2D eigenvalue weighted by molar-refractivity contribution is -0.126. The van der Waals surface area contributed by atoms with Crippen molar-refractivity contribution in [1.29, 1.82) is 0 Å². The van der Waals surface area contributed by atoms with Gasteiger partial charge in [0.15, 0.2) is 9.84 Å². The fourth-order valence-electron chi connectivity index (χ4n) is 10.7. The number of anilines is 1. The minimum Gasteiger partial charge on any atom is -0.453 e. The standard InChI is InChI=1S/C42H57F2N5O5S/c1-4-39(50)48-20-7-11-34(25-48)55(52,53)33-14-15-38(36(44)24-33)49-27-41(2,28-49)26-47-21-16-30(17-22-47)42(29-46-18-8-19-46,31-9-5-10-32(43)23-31)35-12-6-13-37(35)45-40(51)54-3/h4-5,9-10,14-15,23-24,30,34-35,37H,1,6-8,11-13,16-22,25-29H2,2-3H3,(H,45,51)/t34?,35-,37-,42-/m0/s1. The number of amides is 2. The number of alkyl carbamates (subject to hydrolysis) is 1. The maximum Gasteiger partial charge on any atom is 0.407 e. The molecule has 0 bridgehead atoms. The summed E-state index contributed by atoms with van der Waals surface area (Å²) in [6.45, 7) is 13.2. The van der Waals surface area contributed by atoms with Crippen molar-refractivity contribution in [3.63, 3.8) is 0 Å². The molecule has 55 heavy (non-hydrogen) atoms. The molecule has 4 aliphatic heterocycles. The zero-order valence-electron chi connectivity index (χ0n) is 32.4. The number of hydrogen-bond acceptors (Lipinski definition) is 8. The summed E-state index contributed by atoms with van der Waals surface area (Å²) in [6, 6.07) is 11.4. The Labute approximate surface area is 325 Å². The van der Waals surface area contributed by atoms with Gasteiger partial charge < -0.3 is 29.7 Å². The van der Waals surface area contributed by atoms with E-state index in [1.807, 2.05) is 11.0 Å². The molecular weight excluding hydrogens is 725 g/mol. The van der Waals surface area contributed by atoms with Crippen LogP contribution in [-0.4, -0.2) is 119 Å². The molecule has 7 rings (SSSR count). The van der Waals surface area contributed by atoms with E-state index in [4.69, 9.17) is 4.74 Å². The van der Waals surface area contributed by atoms with Gasteiger partial charge in [-0.25, -0.2) is 22.0 Å². The van der Waals surface area contributed by atoms with E-state index in [0.717, 1.165) is 89.4 Å². The number of nitrogens with one attached hydrogen (secondary N) is 1. The predicted molar refractivity (Wildman–Crippen MR) is 209 cm³/mol. The molecule has 2 aromatic rings. The number of likely N-dealkylation sites (tertiary alicyclic amines) is 3. The minimum atomic E-state index is -3.83. The molecule has 0 spiro atoms. The minimum absolute atomic E-state index is 0.0462. The fourth-order valence-corrected chi connectivity index (χ4v) is 12.4. The molecule has 2 amide bonds. The van der Waals surface area contributed by atoms with Crippen LogP contribution in [-0.2, 0) is 24.8 Å². The topological polar surface area (TPSA) is 103 Å². The van der Waals surface area contributed by atoms with Crippen molar-refractivity contribution >= 4 is 27.5 Å². The Kier molecular flexibility index (Phi) is 11.6. The quantitative estimate of drug-likeness (QED) is 0.277. The summed E-state index contributed by atoms with van der Waals surface area (Å²) in [7, 11) is -2.43. The third-order valence-corrected chi connectivity index (χ3v) is 15.6. The van der Waals surface area contributed by atoms with Crippen molar-refractivity contribution in [1.82, 2.24) is 20.0 Å². The Morgan fingerprint density at radius 1 is 0.964 bits per heavy atom. The van der Waals surface area contributed by atoms with E-state index in [0.29, 0.717) is 44.1 Å². The molecule has 4 saturated heterocycles. The normalized spacial score (nSPS) is 26.1. The Bertz CT molecular complexity index is 1840. The number of carbonyl (C=O) groups is 2. The number of carbonyl (C=O) groups excluding carboxylic acids is 2. The van der Waals surface area contributed by atoms with Crippen LogP contribution in [0.2, 0.25) is 0 Å². The summed E-state index contributed by atoms with van der Waals surface area (Å²) in [6.07, 6.45) is 7.68. The summed E-state index contributed by atoms with van der Waals surface area (Å²) < 4.78 is 62.7. The van der Waals surface area contributed by atoms with Gasteiger partial charge in [-0.2, -0.15) is 0 Å². The van der Waals surface area contributed by atoms with Gasteiger partial charge in [0.05, 0.1) is 22.9 Å². The molecule has 4 heterocycles. The number of methoxy groups -OCH3 is 1. The summed E-state index contributed by atoms with van der Waals surface area (Å²) >= 11 is 0. The first-order valence-corrected chi connectivity index (χ1v) is 21.6. The van der Waals surface area contributed by atoms with Crippen molar-refractivity contribution < 1.29 is 31.5 Å². The van der Waals surface area contributed by atoms with Crippen LogP contribution in [0.4, 0.5) is 19.3 Å². The number of ether oxygens (including phenoxy) is 1. The van der Waals surface area contributed by atoms with Gasteiger partial charge in [-0.05, 0) is 125 Å². The molecule has 1 aliphatic carbocycles. The first-order chi connectivity index (χ1) is 26.3. The largest absolute Gasteiger partial charge is 0.453 e. The average Bonchev–Trinajstić information content (AvgIpc) is 3.61. The second-order valence-electron chi connectivity index (χ2n) is 17.1. The number of rotatable bonds is 12. The molecule has 4 atom stereocenters. The summed E-state index contributed by atoms with van der Waals surface area (Å²) in [5.41, 5.74) is 1.04. The van der Waals surface area contributed by atoms with Crippen molar-refractivity contribution in [3.05, 3.63) is 72.3 Å². The van der Waals surface area contributed by atoms with Crippen molar-refractivity contribution in [2.45, 2.75) is 79.9 Å². The monoisotopic (exact) mass is 781 g/mol. The van der Waals surface area contributed by atoms with Gasteiger partial charge >= 0.3 is 6.09 Å². The van der Waals surface area contributed by atoms with Crippen LogP contribution in [0.1, 0.15) is 63.9 Å². The maximum absolute atomic E-state index is 15.6. The SMILES string of the molecule is C=CC(=O)N1CCCC(S(=O)(=O)c2ccc(N3CC(C)(CN4CCC([C@@](CN5CCC5)(c5cccc(F)c5)[C@H]5CCC[C@@H]5NC(=O)OC)CC4)C3)c(F)c2)C1. The maximum atomic E-state index is 15.6. The number of benzene rings is 2. The molecule has 13 heteroatoms. The van der Waals surface area contributed by atoms with Gasteiger partial charge in [-0.3, -0.25) is 4.79 Å². The van der Waals surface area contributed by atoms with Gasteiger partial charge in [0.25, 0.3) is 0 Å². The average molecular weight is 782 g/mol. The van der Waals surface area contributed by atoms with Crippen LogP contribution in [0.15, 0.2) is 60.0 Å². The van der Waals surface area contributed by atoms with Crippen LogP contribution < -0.4 is 10.2 Å².